The number of carbonyl (C=O) groups excluding carboxylic acids is 2. The van der Waals surface area contributed by atoms with E-state index in [-0.39, 0.29) is 16.2 Å². The van der Waals surface area contributed by atoms with Crippen LogP contribution in [0.1, 0.15) is 21.8 Å². The normalized spacial score (nSPS) is 22.2. The van der Waals surface area contributed by atoms with Gasteiger partial charge in [-0.05, 0) is 23.8 Å². The first-order valence-corrected chi connectivity index (χ1v) is 8.51. The zero-order valence-electron chi connectivity index (χ0n) is 12.3. The summed E-state index contributed by atoms with van der Waals surface area (Å²) in [7, 11) is -2.39. The van der Waals surface area contributed by atoms with Crippen molar-refractivity contribution in [1.82, 2.24) is 0 Å². The van der Waals surface area contributed by atoms with Crippen LogP contribution in [-0.2, 0) is 14.6 Å². The van der Waals surface area contributed by atoms with Crippen molar-refractivity contribution in [3.05, 3.63) is 59.7 Å². The maximum Gasteiger partial charge on any atom is 0.189 e. The third-order valence-corrected chi connectivity index (χ3v) is 6.11. The molecule has 0 saturated heterocycles. The second-order valence-corrected chi connectivity index (χ2v) is 7.33. The molecule has 2 atom stereocenters. The van der Waals surface area contributed by atoms with Gasteiger partial charge in [0.25, 0.3) is 0 Å². The van der Waals surface area contributed by atoms with Crippen LogP contribution < -0.4 is 4.74 Å². The summed E-state index contributed by atoms with van der Waals surface area (Å²) >= 11 is 0. The topological polar surface area (TPSA) is 77.5 Å². The largest absolute Gasteiger partial charge is 0.497 e. The van der Waals surface area contributed by atoms with E-state index in [1.54, 1.807) is 36.4 Å². The van der Waals surface area contributed by atoms with Crippen molar-refractivity contribution in [3.63, 3.8) is 0 Å². The molecule has 2 unspecified atom stereocenters. The Hall–Kier alpha value is -2.47. The number of hydrogen-bond acceptors (Lipinski definition) is 5. The molecule has 0 fully saturated rings. The van der Waals surface area contributed by atoms with Gasteiger partial charge in [0, 0.05) is 5.56 Å². The predicted octanol–water partition coefficient (Wildman–Crippen LogP) is 2.02. The van der Waals surface area contributed by atoms with Crippen molar-refractivity contribution in [2.75, 3.05) is 7.11 Å². The minimum absolute atomic E-state index is 0.0770. The van der Waals surface area contributed by atoms with E-state index in [9.17, 15) is 18.0 Å². The lowest BCUT2D eigenvalue weighted by atomic mass is 9.87. The molecule has 0 aliphatic carbocycles. The molecule has 1 aliphatic rings. The Labute approximate surface area is 133 Å². The quantitative estimate of drug-likeness (QED) is 0.805. The number of sulfone groups is 1. The fourth-order valence-corrected chi connectivity index (χ4v) is 4.69. The molecule has 2 aromatic rings. The van der Waals surface area contributed by atoms with E-state index in [4.69, 9.17) is 4.74 Å². The first-order chi connectivity index (χ1) is 11.0. The van der Waals surface area contributed by atoms with Gasteiger partial charge in [0.1, 0.15) is 17.3 Å². The third kappa shape index (κ3) is 2.35. The number of hydrogen-bond donors (Lipinski definition) is 0. The number of ketones is 1. The number of aldehydes is 1. The molecule has 23 heavy (non-hydrogen) atoms. The van der Waals surface area contributed by atoms with E-state index in [1.807, 2.05) is 0 Å². The number of rotatable bonds is 3. The average molecular weight is 330 g/mol. The minimum Gasteiger partial charge on any atom is -0.497 e. The Bertz CT molecular complexity index is 868. The molecule has 0 aromatic heterocycles. The Morgan fingerprint density at radius 1 is 1.04 bits per heavy atom. The predicted molar refractivity (Wildman–Crippen MR) is 83.5 cm³/mol. The summed E-state index contributed by atoms with van der Waals surface area (Å²) in [5, 5.41) is -1.42. The number of fused-ring (bicyclic) bond motifs is 1. The zero-order chi connectivity index (χ0) is 16.6. The van der Waals surface area contributed by atoms with Gasteiger partial charge in [0.05, 0.1) is 17.9 Å². The smallest absolute Gasteiger partial charge is 0.189 e. The number of ether oxygens (including phenoxy) is 1. The van der Waals surface area contributed by atoms with Crippen LogP contribution in [0, 0.1) is 0 Å². The molecule has 0 N–H and O–H groups in total. The minimum atomic E-state index is -3.90. The summed E-state index contributed by atoms with van der Waals surface area (Å²) in [6, 6.07) is 12.5. The Morgan fingerprint density at radius 2 is 1.70 bits per heavy atom. The van der Waals surface area contributed by atoms with Crippen molar-refractivity contribution < 1.29 is 22.7 Å². The Balaban J connectivity index is 2.20. The zero-order valence-corrected chi connectivity index (χ0v) is 13.1. The molecule has 0 saturated carbocycles. The molecule has 0 amide bonds. The van der Waals surface area contributed by atoms with Crippen LogP contribution in [0.3, 0.4) is 0 Å². The van der Waals surface area contributed by atoms with Crippen LogP contribution in [0.4, 0.5) is 0 Å². The maximum atomic E-state index is 12.8. The highest BCUT2D eigenvalue weighted by atomic mass is 32.2. The molecule has 2 aromatic carbocycles. The second kappa shape index (κ2) is 5.62. The summed E-state index contributed by atoms with van der Waals surface area (Å²) < 4.78 is 30.4. The highest BCUT2D eigenvalue weighted by Crippen LogP contribution is 2.38. The van der Waals surface area contributed by atoms with Crippen molar-refractivity contribution in [2.45, 2.75) is 16.1 Å². The lowest BCUT2D eigenvalue weighted by Crippen LogP contribution is -2.40. The van der Waals surface area contributed by atoms with Crippen LogP contribution in [0.25, 0.3) is 0 Å². The molecular formula is C17H14O5S. The van der Waals surface area contributed by atoms with Gasteiger partial charge in [-0.25, -0.2) is 8.42 Å². The lowest BCUT2D eigenvalue weighted by Gasteiger charge is -2.28. The molecule has 6 heteroatoms. The van der Waals surface area contributed by atoms with Gasteiger partial charge >= 0.3 is 0 Å². The number of Topliss-reactive ketones (excluding diaryl/α,β-unsaturated/α-hetero) is 1. The van der Waals surface area contributed by atoms with Crippen LogP contribution in [-0.4, -0.2) is 32.8 Å². The highest BCUT2D eigenvalue weighted by Gasteiger charge is 2.46. The van der Waals surface area contributed by atoms with E-state index in [0.29, 0.717) is 17.6 Å². The summed E-state index contributed by atoms with van der Waals surface area (Å²) in [5.41, 5.74) is 0.609. The molecule has 5 nitrogen and oxygen atoms in total. The number of carbonyl (C=O) groups is 2. The molecule has 1 heterocycles. The van der Waals surface area contributed by atoms with E-state index in [0.717, 1.165) is 0 Å². The Kier molecular flexibility index (Phi) is 3.77. The van der Waals surface area contributed by atoms with Gasteiger partial charge in [0.2, 0.25) is 0 Å². The fraction of sp³-hybridized carbons (Fsp3) is 0.176. The van der Waals surface area contributed by atoms with Crippen LogP contribution in [0.2, 0.25) is 0 Å². The maximum absolute atomic E-state index is 12.8. The number of methoxy groups -OCH3 is 1. The van der Waals surface area contributed by atoms with Crippen molar-refractivity contribution in [3.8, 4) is 5.75 Å². The molecule has 118 valence electrons. The van der Waals surface area contributed by atoms with Crippen LogP contribution in [0.5, 0.6) is 5.75 Å². The van der Waals surface area contributed by atoms with Gasteiger partial charge in [0.15, 0.2) is 15.6 Å². The first kappa shape index (κ1) is 15.4. The Morgan fingerprint density at radius 3 is 2.30 bits per heavy atom. The standard InChI is InChI=1S/C17H14O5S/c1-22-12-8-6-11(7-9-12)16-15(10-18)23(20,21)14-5-3-2-4-13(14)17(16)19/h2-10,15-16H,1H3. The molecule has 0 bridgehead atoms. The van der Waals surface area contributed by atoms with E-state index >= 15 is 0 Å². The van der Waals surface area contributed by atoms with Gasteiger partial charge in [-0.3, -0.25) is 4.79 Å². The van der Waals surface area contributed by atoms with Crippen LogP contribution >= 0.6 is 0 Å². The lowest BCUT2D eigenvalue weighted by molar-refractivity contribution is -0.107. The van der Waals surface area contributed by atoms with E-state index in [1.165, 1.54) is 19.2 Å². The van der Waals surface area contributed by atoms with Gasteiger partial charge < -0.3 is 9.53 Å². The molecular weight excluding hydrogens is 316 g/mol. The molecule has 0 radical (unpaired) electrons. The summed E-state index contributed by atoms with van der Waals surface area (Å²) in [5.74, 6) is -0.820. The van der Waals surface area contributed by atoms with Crippen LogP contribution in [0.15, 0.2) is 53.4 Å². The molecule has 0 spiro atoms. The molecule has 1 aliphatic heterocycles. The van der Waals surface area contributed by atoms with Gasteiger partial charge in [-0.15, -0.1) is 0 Å². The molecule has 3 rings (SSSR count). The third-order valence-electron chi connectivity index (χ3n) is 4.04. The SMILES string of the molecule is COc1ccc(C2C(=O)c3ccccc3S(=O)(=O)C2C=O)cc1. The number of benzene rings is 2. The summed E-state index contributed by atoms with van der Waals surface area (Å²) in [4.78, 5) is 24.2. The average Bonchev–Trinajstić information content (AvgIpc) is 2.58. The van der Waals surface area contributed by atoms with E-state index in [2.05, 4.69) is 0 Å². The monoisotopic (exact) mass is 330 g/mol. The van der Waals surface area contributed by atoms with Crippen molar-refractivity contribution in [1.29, 1.82) is 0 Å². The second-order valence-electron chi connectivity index (χ2n) is 5.26. The van der Waals surface area contributed by atoms with Gasteiger partial charge in [-0.1, -0.05) is 30.3 Å². The van der Waals surface area contributed by atoms with Gasteiger partial charge in [-0.2, -0.15) is 0 Å². The van der Waals surface area contributed by atoms with Crippen molar-refractivity contribution >= 4 is 21.9 Å². The first-order valence-electron chi connectivity index (χ1n) is 6.97. The highest BCUT2D eigenvalue weighted by molar-refractivity contribution is 7.93. The summed E-state index contributed by atoms with van der Waals surface area (Å²) in [6.07, 6.45) is 0.345. The van der Waals surface area contributed by atoms with E-state index < -0.39 is 21.0 Å². The summed E-state index contributed by atoms with van der Waals surface area (Å²) in [6.45, 7) is 0. The fourth-order valence-electron chi connectivity index (χ4n) is 2.86. The van der Waals surface area contributed by atoms with Crippen molar-refractivity contribution in [2.24, 2.45) is 0 Å².